The minimum atomic E-state index is -0.850. The van der Waals surface area contributed by atoms with E-state index in [1.807, 2.05) is 0 Å². The number of alkyl halides is 1. The first-order valence-corrected chi connectivity index (χ1v) is 9.43. The minimum Gasteiger partial charge on any atom is -0.345 e. The van der Waals surface area contributed by atoms with Gasteiger partial charge >= 0.3 is 0 Å². The third-order valence-corrected chi connectivity index (χ3v) is 4.48. The van der Waals surface area contributed by atoms with Gasteiger partial charge in [0.05, 0.1) is 29.7 Å². The first-order chi connectivity index (χ1) is 13.9. The number of ketones is 1. The molecule has 0 saturated heterocycles. The maximum atomic E-state index is 13.4. The van der Waals surface area contributed by atoms with Crippen LogP contribution < -0.4 is 10.6 Å². The van der Waals surface area contributed by atoms with Crippen molar-refractivity contribution in [1.82, 2.24) is 14.9 Å². The van der Waals surface area contributed by atoms with E-state index in [9.17, 15) is 23.2 Å². The number of carbonyl (C=O) groups is 3. The topological polar surface area (TPSA) is 93.1 Å². The Morgan fingerprint density at radius 3 is 2.33 bits per heavy atom. The number of hydrogen-bond acceptors (Lipinski definition) is 4. The van der Waals surface area contributed by atoms with Gasteiger partial charge in [-0.25, -0.2) is 9.37 Å². The Bertz CT molecular complexity index is 1010. The van der Waals surface area contributed by atoms with Gasteiger partial charge in [-0.15, -0.1) is 0 Å². The third kappa shape index (κ3) is 4.90. The normalized spacial score (nSPS) is 11.3. The fraction of sp³-hybridized carbons (Fsp3) is 0.429. The molecule has 2 rings (SSSR count). The zero-order valence-corrected chi connectivity index (χ0v) is 17.9. The summed E-state index contributed by atoms with van der Waals surface area (Å²) >= 11 is 0. The van der Waals surface area contributed by atoms with Gasteiger partial charge in [-0.3, -0.25) is 14.4 Å². The first-order valence-electron chi connectivity index (χ1n) is 9.43. The van der Waals surface area contributed by atoms with Crippen molar-refractivity contribution in [2.75, 3.05) is 12.0 Å². The van der Waals surface area contributed by atoms with Gasteiger partial charge in [0.2, 0.25) is 5.95 Å². The van der Waals surface area contributed by atoms with Crippen LogP contribution in [0.4, 0.5) is 14.5 Å². The Morgan fingerprint density at radius 1 is 1.17 bits per heavy atom. The molecule has 0 aromatic carbocycles. The second-order valence-electron chi connectivity index (χ2n) is 8.09. The first kappa shape index (κ1) is 23.2. The summed E-state index contributed by atoms with van der Waals surface area (Å²) < 4.78 is 27.9. The van der Waals surface area contributed by atoms with Gasteiger partial charge in [-0.2, -0.15) is 4.39 Å². The van der Waals surface area contributed by atoms with Crippen LogP contribution in [0, 0.1) is 26.7 Å². The zero-order valence-electron chi connectivity index (χ0n) is 17.9. The molecule has 0 aliphatic heterocycles. The number of nitrogens with zero attached hydrogens (tertiary/aromatic N) is 2. The van der Waals surface area contributed by atoms with Crippen LogP contribution in [0.1, 0.15) is 58.4 Å². The highest BCUT2D eigenvalue weighted by molar-refractivity contribution is 6.43. The summed E-state index contributed by atoms with van der Waals surface area (Å²) in [5, 5.41) is 5.19. The van der Waals surface area contributed by atoms with Crippen molar-refractivity contribution in [3.05, 3.63) is 46.3 Å². The van der Waals surface area contributed by atoms with Gasteiger partial charge in [0.15, 0.2) is 0 Å². The largest absolute Gasteiger partial charge is 0.345 e. The van der Waals surface area contributed by atoms with Crippen molar-refractivity contribution in [3.63, 3.8) is 0 Å². The quantitative estimate of drug-likeness (QED) is 0.426. The average Bonchev–Trinajstić information content (AvgIpc) is 2.86. The summed E-state index contributed by atoms with van der Waals surface area (Å²) in [7, 11) is 0. The number of anilines is 1. The zero-order chi connectivity index (χ0) is 22.8. The average molecular weight is 420 g/mol. The van der Waals surface area contributed by atoms with Crippen molar-refractivity contribution in [2.45, 2.75) is 53.6 Å². The van der Waals surface area contributed by atoms with Crippen molar-refractivity contribution < 1.29 is 23.2 Å². The lowest BCUT2D eigenvalue weighted by Gasteiger charge is -2.20. The van der Waals surface area contributed by atoms with E-state index in [1.165, 1.54) is 30.7 Å². The van der Waals surface area contributed by atoms with Crippen molar-refractivity contribution >= 4 is 23.3 Å². The Kier molecular flexibility index (Phi) is 6.74. The lowest BCUT2D eigenvalue weighted by atomic mass is 10.1. The summed E-state index contributed by atoms with van der Waals surface area (Å²) in [6.45, 7) is 8.85. The Morgan fingerprint density at radius 2 is 1.80 bits per heavy atom. The number of nitrogens with one attached hydrogen (secondary N) is 2. The molecule has 0 radical (unpaired) electrons. The number of aromatic nitrogens is 2. The highest BCUT2D eigenvalue weighted by Crippen LogP contribution is 2.25. The van der Waals surface area contributed by atoms with Crippen molar-refractivity contribution in [2.24, 2.45) is 0 Å². The van der Waals surface area contributed by atoms with Crippen LogP contribution in [-0.4, -0.2) is 39.4 Å². The number of halogens is 2. The molecule has 2 heterocycles. The van der Waals surface area contributed by atoms with Crippen LogP contribution in [-0.2, 0) is 11.3 Å². The maximum Gasteiger partial charge on any atom is 0.294 e. The predicted molar refractivity (Wildman–Crippen MR) is 109 cm³/mol. The highest BCUT2D eigenvalue weighted by Gasteiger charge is 2.31. The SMILES string of the molecule is Cc1cc(NC(=O)c2c(C)c(C(=O)C(=O)NC(C)(C)C)n(CCF)c2C)cnc1F. The summed E-state index contributed by atoms with van der Waals surface area (Å²) in [5.41, 5.74) is 0.615. The van der Waals surface area contributed by atoms with Crippen LogP contribution in [0.2, 0.25) is 0 Å². The minimum absolute atomic E-state index is 0.0366. The van der Waals surface area contributed by atoms with Crippen LogP contribution >= 0.6 is 0 Å². The molecule has 30 heavy (non-hydrogen) atoms. The molecule has 7 nitrogen and oxygen atoms in total. The van der Waals surface area contributed by atoms with E-state index in [-0.39, 0.29) is 34.6 Å². The molecule has 0 spiro atoms. The third-order valence-electron chi connectivity index (χ3n) is 4.48. The number of amides is 2. The Labute approximate surface area is 173 Å². The number of aryl methyl sites for hydroxylation is 1. The summed E-state index contributed by atoms with van der Waals surface area (Å²) in [6.07, 6.45) is 1.17. The molecule has 0 saturated carbocycles. The fourth-order valence-corrected chi connectivity index (χ4v) is 3.21. The molecule has 0 aliphatic carbocycles. The van der Waals surface area contributed by atoms with Gasteiger partial charge in [0, 0.05) is 16.8 Å². The van der Waals surface area contributed by atoms with E-state index in [4.69, 9.17) is 0 Å². The molecule has 162 valence electrons. The Hall–Kier alpha value is -3.10. The molecule has 2 aromatic heterocycles. The van der Waals surface area contributed by atoms with E-state index < -0.39 is 35.8 Å². The summed E-state index contributed by atoms with van der Waals surface area (Å²) in [5.74, 6) is -2.90. The van der Waals surface area contributed by atoms with Gasteiger partial charge in [0.25, 0.3) is 17.6 Å². The van der Waals surface area contributed by atoms with Gasteiger partial charge < -0.3 is 15.2 Å². The van der Waals surface area contributed by atoms with Crippen molar-refractivity contribution in [3.8, 4) is 0 Å². The van der Waals surface area contributed by atoms with Gasteiger partial charge in [-0.05, 0) is 53.2 Å². The number of hydrogen-bond donors (Lipinski definition) is 2. The maximum absolute atomic E-state index is 13.4. The molecule has 0 aliphatic rings. The van der Waals surface area contributed by atoms with Gasteiger partial charge in [0.1, 0.15) is 6.67 Å². The molecule has 0 bridgehead atoms. The van der Waals surface area contributed by atoms with E-state index in [0.29, 0.717) is 5.69 Å². The number of pyridine rings is 1. The van der Waals surface area contributed by atoms with Crippen LogP contribution in [0.15, 0.2) is 12.3 Å². The number of rotatable bonds is 6. The molecule has 2 aromatic rings. The highest BCUT2D eigenvalue weighted by atomic mass is 19.1. The fourth-order valence-electron chi connectivity index (χ4n) is 3.21. The Balaban J connectivity index is 2.47. The molecular weight excluding hydrogens is 394 g/mol. The second-order valence-corrected chi connectivity index (χ2v) is 8.09. The van der Waals surface area contributed by atoms with Crippen LogP contribution in [0.3, 0.4) is 0 Å². The molecule has 0 unspecified atom stereocenters. The lowest BCUT2D eigenvalue weighted by molar-refractivity contribution is -0.118. The standard InChI is InChI=1S/C21H26F2N4O3/c1-11-9-14(10-24-18(11)23)25-19(29)15-12(2)16(27(8-7-22)13(15)3)17(28)20(30)26-21(4,5)6/h9-10H,7-8H2,1-6H3,(H,25,29)(H,26,30). The van der Waals surface area contributed by atoms with Crippen LogP contribution in [0.5, 0.6) is 0 Å². The molecule has 0 fully saturated rings. The molecular formula is C21H26F2N4O3. The van der Waals surface area contributed by atoms with E-state index in [0.717, 1.165) is 0 Å². The van der Waals surface area contributed by atoms with Crippen molar-refractivity contribution in [1.29, 1.82) is 0 Å². The van der Waals surface area contributed by atoms with E-state index >= 15 is 0 Å². The predicted octanol–water partition coefficient (Wildman–Crippen LogP) is 3.27. The molecule has 2 amide bonds. The number of Topliss-reactive ketones (excluding diaryl/α,β-unsaturated/α-hetero) is 1. The van der Waals surface area contributed by atoms with Gasteiger partial charge in [-0.1, -0.05) is 0 Å². The monoisotopic (exact) mass is 420 g/mol. The lowest BCUT2D eigenvalue weighted by Crippen LogP contribution is -2.44. The molecule has 2 N–H and O–H groups in total. The smallest absolute Gasteiger partial charge is 0.294 e. The summed E-state index contributed by atoms with van der Waals surface area (Å²) in [6, 6.07) is 1.42. The second kappa shape index (κ2) is 8.73. The molecule has 0 atom stereocenters. The van der Waals surface area contributed by atoms with E-state index in [2.05, 4.69) is 15.6 Å². The molecule has 9 heteroatoms. The van der Waals surface area contributed by atoms with Crippen LogP contribution in [0.25, 0.3) is 0 Å². The number of carbonyl (C=O) groups excluding carboxylic acids is 3. The summed E-state index contributed by atoms with van der Waals surface area (Å²) in [4.78, 5) is 41.7. The van der Waals surface area contributed by atoms with E-state index in [1.54, 1.807) is 27.7 Å².